The molecule has 110 valence electrons. The van der Waals surface area contributed by atoms with E-state index in [0.29, 0.717) is 17.9 Å². The topological polar surface area (TPSA) is 80.0 Å². The van der Waals surface area contributed by atoms with Crippen molar-refractivity contribution >= 4 is 17.8 Å². The molecular weight excluding hydrogens is 252 g/mol. The zero-order valence-electron chi connectivity index (χ0n) is 12.2. The molecule has 1 aromatic rings. The lowest BCUT2D eigenvalue weighted by Gasteiger charge is -2.19. The van der Waals surface area contributed by atoms with E-state index in [0.717, 1.165) is 31.4 Å². The van der Waals surface area contributed by atoms with E-state index < -0.39 is 0 Å². The van der Waals surface area contributed by atoms with Crippen LogP contribution in [-0.2, 0) is 0 Å². The van der Waals surface area contributed by atoms with Gasteiger partial charge in [0.2, 0.25) is 17.8 Å². The number of nitrogens with two attached hydrogens (primary N) is 1. The van der Waals surface area contributed by atoms with E-state index in [2.05, 4.69) is 32.1 Å². The number of nitrogens with one attached hydrogen (secondary N) is 1. The average Bonchev–Trinajstić information content (AvgIpc) is 3.07. The molecule has 0 radical (unpaired) electrons. The van der Waals surface area contributed by atoms with Gasteiger partial charge in [0.05, 0.1) is 0 Å². The number of nitrogens with zero attached hydrogens (tertiary/aromatic N) is 4. The van der Waals surface area contributed by atoms with Crippen LogP contribution in [0, 0.1) is 5.92 Å². The molecule has 0 aromatic carbocycles. The Balaban J connectivity index is 1.70. The fourth-order valence-corrected chi connectivity index (χ4v) is 2.77. The van der Waals surface area contributed by atoms with Gasteiger partial charge in [0.15, 0.2) is 0 Å². The molecule has 1 saturated carbocycles. The van der Waals surface area contributed by atoms with Crippen LogP contribution in [-0.4, -0.2) is 34.1 Å². The standard InChI is InChI=1S/C14H24N6/c1-2-11(9-10-5-6-10)16-13-17-12(15)18-14(19-13)20-7-3-4-8-20/h10-11H,2-9H2,1H3,(H3,15,16,17,18,19). The first-order valence-corrected chi connectivity index (χ1v) is 7.77. The lowest BCUT2D eigenvalue weighted by molar-refractivity contribution is 0.582. The lowest BCUT2D eigenvalue weighted by Crippen LogP contribution is -2.25. The molecular formula is C14H24N6. The Morgan fingerprint density at radius 1 is 1.25 bits per heavy atom. The van der Waals surface area contributed by atoms with Gasteiger partial charge in [-0.3, -0.25) is 0 Å². The Kier molecular flexibility index (Phi) is 3.89. The number of aromatic nitrogens is 3. The molecule has 1 aliphatic carbocycles. The smallest absolute Gasteiger partial charge is 0.231 e. The zero-order valence-corrected chi connectivity index (χ0v) is 12.2. The third kappa shape index (κ3) is 3.29. The lowest BCUT2D eigenvalue weighted by atomic mass is 10.1. The highest BCUT2D eigenvalue weighted by molar-refractivity contribution is 5.42. The molecule has 2 heterocycles. The second kappa shape index (κ2) is 5.81. The monoisotopic (exact) mass is 276 g/mol. The van der Waals surface area contributed by atoms with Crippen LogP contribution in [0.25, 0.3) is 0 Å². The fraction of sp³-hybridized carbons (Fsp3) is 0.786. The predicted molar refractivity (Wildman–Crippen MR) is 80.7 cm³/mol. The summed E-state index contributed by atoms with van der Waals surface area (Å²) < 4.78 is 0. The molecule has 1 atom stereocenters. The summed E-state index contributed by atoms with van der Waals surface area (Å²) in [5.41, 5.74) is 5.83. The van der Waals surface area contributed by atoms with Crippen molar-refractivity contribution < 1.29 is 0 Å². The number of nitrogen functional groups attached to an aromatic ring is 1. The van der Waals surface area contributed by atoms with E-state index in [9.17, 15) is 0 Å². The van der Waals surface area contributed by atoms with Crippen molar-refractivity contribution in [1.82, 2.24) is 15.0 Å². The van der Waals surface area contributed by atoms with Gasteiger partial charge in [-0.25, -0.2) is 0 Å². The molecule has 6 heteroatoms. The highest BCUT2D eigenvalue weighted by atomic mass is 15.3. The first-order valence-electron chi connectivity index (χ1n) is 7.77. The van der Waals surface area contributed by atoms with Crippen molar-refractivity contribution in [3.63, 3.8) is 0 Å². The second-order valence-corrected chi connectivity index (χ2v) is 5.94. The predicted octanol–water partition coefficient (Wildman–Crippen LogP) is 2.04. The first-order chi connectivity index (χ1) is 9.74. The van der Waals surface area contributed by atoms with Crippen molar-refractivity contribution in [2.24, 2.45) is 5.92 Å². The van der Waals surface area contributed by atoms with Crippen LogP contribution in [0.4, 0.5) is 17.8 Å². The van der Waals surface area contributed by atoms with Gasteiger partial charge in [-0.15, -0.1) is 0 Å². The molecule has 1 aliphatic heterocycles. The average molecular weight is 276 g/mol. The summed E-state index contributed by atoms with van der Waals surface area (Å²) in [5, 5.41) is 3.44. The van der Waals surface area contributed by atoms with Crippen molar-refractivity contribution in [3.8, 4) is 0 Å². The van der Waals surface area contributed by atoms with Gasteiger partial charge in [0.1, 0.15) is 0 Å². The van der Waals surface area contributed by atoms with Gasteiger partial charge >= 0.3 is 0 Å². The molecule has 3 N–H and O–H groups in total. The Morgan fingerprint density at radius 2 is 2.00 bits per heavy atom. The maximum Gasteiger partial charge on any atom is 0.231 e. The Bertz CT molecular complexity index is 453. The van der Waals surface area contributed by atoms with E-state index in [1.165, 1.54) is 32.1 Å². The maximum absolute atomic E-state index is 5.83. The van der Waals surface area contributed by atoms with Crippen LogP contribution in [0.5, 0.6) is 0 Å². The van der Waals surface area contributed by atoms with E-state index in [4.69, 9.17) is 5.73 Å². The third-order valence-corrected chi connectivity index (χ3v) is 4.17. The summed E-state index contributed by atoms with van der Waals surface area (Å²) in [6.45, 7) is 4.23. The summed E-state index contributed by atoms with van der Waals surface area (Å²) in [5.74, 6) is 2.56. The second-order valence-electron chi connectivity index (χ2n) is 5.94. The van der Waals surface area contributed by atoms with Crippen molar-refractivity contribution in [3.05, 3.63) is 0 Å². The molecule has 6 nitrogen and oxygen atoms in total. The summed E-state index contributed by atoms with van der Waals surface area (Å²) in [6.07, 6.45) is 7.44. The fourth-order valence-electron chi connectivity index (χ4n) is 2.77. The SMILES string of the molecule is CCC(CC1CC1)Nc1nc(N)nc(N2CCCC2)n1. The first kappa shape index (κ1) is 13.4. The van der Waals surface area contributed by atoms with Crippen LogP contribution >= 0.6 is 0 Å². The minimum atomic E-state index is 0.311. The number of anilines is 3. The molecule has 2 fully saturated rings. The van der Waals surface area contributed by atoms with Gasteiger partial charge in [0, 0.05) is 19.1 Å². The summed E-state index contributed by atoms with van der Waals surface area (Å²) in [4.78, 5) is 15.2. The molecule has 3 rings (SSSR count). The number of hydrogen-bond donors (Lipinski definition) is 2. The Labute approximate surface area is 120 Å². The van der Waals surface area contributed by atoms with Crippen molar-refractivity contribution in [2.45, 2.75) is 51.5 Å². The van der Waals surface area contributed by atoms with Gasteiger partial charge < -0.3 is 16.0 Å². The van der Waals surface area contributed by atoms with E-state index in [1.54, 1.807) is 0 Å². The highest BCUT2D eigenvalue weighted by Crippen LogP contribution is 2.34. The summed E-state index contributed by atoms with van der Waals surface area (Å²) >= 11 is 0. The van der Waals surface area contributed by atoms with Crippen LogP contribution in [0.15, 0.2) is 0 Å². The maximum atomic E-state index is 5.83. The van der Waals surface area contributed by atoms with E-state index in [1.807, 2.05) is 0 Å². The molecule has 2 aliphatic rings. The molecule has 1 saturated heterocycles. The third-order valence-electron chi connectivity index (χ3n) is 4.17. The molecule has 0 bridgehead atoms. The number of rotatable bonds is 6. The van der Waals surface area contributed by atoms with Crippen molar-refractivity contribution in [1.29, 1.82) is 0 Å². The Hall–Kier alpha value is -1.59. The van der Waals surface area contributed by atoms with Gasteiger partial charge in [-0.2, -0.15) is 15.0 Å². The minimum Gasteiger partial charge on any atom is -0.368 e. The molecule has 0 amide bonds. The zero-order chi connectivity index (χ0) is 13.9. The van der Waals surface area contributed by atoms with E-state index in [-0.39, 0.29) is 0 Å². The Morgan fingerprint density at radius 3 is 2.65 bits per heavy atom. The van der Waals surface area contributed by atoms with Gasteiger partial charge in [-0.1, -0.05) is 19.8 Å². The molecule has 0 spiro atoms. The summed E-state index contributed by atoms with van der Waals surface area (Å²) in [6, 6.07) is 0.440. The molecule has 20 heavy (non-hydrogen) atoms. The van der Waals surface area contributed by atoms with Crippen LogP contribution in [0.3, 0.4) is 0 Å². The van der Waals surface area contributed by atoms with Crippen LogP contribution < -0.4 is 16.0 Å². The van der Waals surface area contributed by atoms with E-state index >= 15 is 0 Å². The van der Waals surface area contributed by atoms with Crippen LogP contribution in [0.1, 0.15) is 45.4 Å². The van der Waals surface area contributed by atoms with Crippen molar-refractivity contribution in [2.75, 3.05) is 29.0 Å². The highest BCUT2D eigenvalue weighted by Gasteiger charge is 2.25. The van der Waals surface area contributed by atoms with Gasteiger partial charge in [0.25, 0.3) is 0 Å². The van der Waals surface area contributed by atoms with Crippen LogP contribution in [0.2, 0.25) is 0 Å². The quantitative estimate of drug-likeness (QED) is 0.827. The molecule has 1 unspecified atom stereocenters. The minimum absolute atomic E-state index is 0.311. The molecule has 1 aromatic heterocycles. The normalized spacial score (nSPS) is 20.1. The largest absolute Gasteiger partial charge is 0.368 e. The summed E-state index contributed by atoms with van der Waals surface area (Å²) in [7, 11) is 0. The van der Waals surface area contributed by atoms with Gasteiger partial charge in [-0.05, 0) is 31.6 Å². The number of hydrogen-bond acceptors (Lipinski definition) is 6.